The molecule has 0 aliphatic heterocycles. The van der Waals surface area contributed by atoms with Gasteiger partial charge >= 0.3 is 0 Å². The summed E-state index contributed by atoms with van der Waals surface area (Å²) in [4.78, 5) is 9.04. The standard InChI is InChI=1S/C31H37FN2O/c1-4-6-10-20-35-24(3)12-8-7-9-13-25-22-33-31(34-23-25)28-17-14-26(15-18-28)29-19-16-27(11-5-2)30(32)21-29/h5,9,13-19,21-24H,2,4,6-8,10-12,20H2,1,3H3. The van der Waals surface area contributed by atoms with Crippen LogP contribution in [0.25, 0.3) is 28.6 Å². The topological polar surface area (TPSA) is 35.0 Å². The van der Waals surface area contributed by atoms with Crippen molar-refractivity contribution >= 4 is 6.08 Å². The number of allylic oxidation sites excluding steroid dienone is 2. The minimum Gasteiger partial charge on any atom is -0.379 e. The summed E-state index contributed by atoms with van der Waals surface area (Å²) >= 11 is 0. The van der Waals surface area contributed by atoms with E-state index < -0.39 is 0 Å². The fourth-order valence-corrected chi connectivity index (χ4v) is 3.90. The van der Waals surface area contributed by atoms with Crippen LogP contribution in [0, 0.1) is 5.82 Å². The summed E-state index contributed by atoms with van der Waals surface area (Å²) in [6.07, 6.45) is 17.3. The summed E-state index contributed by atoms with van der Waals surface area (Å²) in [5.41, 5.74) is 4.38. The van der Waals surface area contributed by atoms with Gasteiger partial charge in [-0.2, -0.15) is 0 Å². The lowest BCUT2D eigenvalue weighted by Crippen LogP contribution is -2.08. The van der Waals surface area contributed by atoms with Gasteiger partial charge in [0.15, 0.2) is 5.82 Å². The number of halogens is 1. The molecule has 3 nitrogen and oxygen atoms in total. The number of unbranched alkanes of at least 4 members (excludes halogenated alkanes) is 3. The molecule has 3 aromatic rings. The van der Waals surface area contributed by atoms with Crippen molar-refractivity contribution in [2.75, 3.05) is 6.61 Å². The highest BCUT2D eigenvalue weighted by Gasteiger charge is 2.06. The van der Waals surface area contributed by atoms with E-state index in [1.807, 2.05) is 48.8 Å². The number of aromatic nitrogens is 2. The van der Waals surface area contributed by atoms with E-state index in [0.717, 1.165) is 54.5 Å². The Morgan fingerprint density at radius 3 is 2.37 bits per heavy atom. The SMILES string of the molecule is C=CCc1ccc(-c2ccc(-c3ncc(C=CCCCC(C)OCCCCC)cn3)cc2)cc1F. The molecule has 0 fully saturated rings. The minimum absolute atomic E-state index is 0.205. The second-order valence-corrected chi connectivity index (χ2v) is 8.94. The first kappa shape index (κ1) is 26.5. The fourth-order valence-electron chi connectivity index (χ4n) is 3.90. The maximum atomic E-state index is 14.3. The summed E-state index contributed by atoms with van der Waals surface area (Å²) in [5, 5.41) is 0. The zero-order valence-electron chi connectivity index (χ0n) is 21.1. The lowest BCUT2D eigenvalue weighted by atomic mass is 10.0. The lowest BCUT2D eigenvalue weighted by Gasteiger charge is -2.11. The second kappa shape index (κ2) is 14.3. The highest BCUT2D eigenvalue weighted by Crippen LogP contribution is 2.25. The molecule has 1 unspecified atom stereocenters. The quantitative estimate of drug-likeness (QED) is 0.174. The average Bonchev–Trinajstić information content (AvgIpc) is 2.88. The van der Waals surface area contributed by atoms with Gasteiger partial charge in [0, 0.05) is 30.1 Å². The van der Waals surface area contributed by atoms with Crippen LogP contribution in [0.3, 0.4) is 0 Å². The van der Waals surface area contributed by atoms with Crippen molar-refractivity contribution in [1.82, 2.24) is 9.97 Å². The van der Waals surface area contributed by atoms with Gasteiger partial charge in [0.1, 0.15) is 5.82 Å². The summed E-state index contributed by atoms with van der Waals surface area (Å²) in [5.74, 6) is 0.471. The van der Waals surface area contributed by atoms with Crippen LogP contribution in [-0.2, 0) is 11.2 Å². The van der Waals surface area contributed by atoms with Gasteiger partial charge in [-0.25, -0.2) is 14.4 Å². The first-order valence-corrected chi connectivity index (χ1v) is 12.7. The number of rotatable bonds is 14. The van der Waals surface area contributed by atoms with Crippen LogP contribution in [0.4, 0.5) is 4.39 Å². The van der Waals surface area contributed by atoms with Gasteiger partial charge in [-0.05, 0) is 61.8 Å². The summed E-state index contributed by atoms with van der Waals surface area (Å²) in [6, 6.07) is 13.2. The van der Waals surface area contributed by atoms with Gasteiger partial charge < -0.3 is 4.74 Å². The summed E-state index contributed by atoms with van der Waals surface area (Å²) in [6.45, 7) is 8.92. The number of benzene rings is 2. The van der Waals surface area contributed by atoms with Gasteiger partial charge in [-0.15, -0.1) is 6.58 Å². The molecule has 0 radical (unpaired) electrons. The van der Waals surface area contributed by atoms with E-state index in [0.29, 0.717) is 23.9 Å². The van der Waals surface area contributed by atoms with Crippen LogP contribution >= 0.6 is 0 Å². The first-order valence-electron chi connectivity index (χ1n) is 12.7. The molecule has 0 saturated carbocycles. The molecule has 1 heterocycles. The van der Waals surface area contributed by atoms with Crippen molar-refractivity contribution in [1.29, 1.82) is 0 Å². The maximum Gasteiger partial charge on any atom is 0.159 e. The van der Waals surface area contributed by atoms with Crippen LogP contribution in [0.1, 0.15) is 63.5 Å². The van der Waals surface area contributed by atoms with Gasteiger partial charge in [0.2, 0.25) is 0 Å². The van der Waals surface area contributed by atoms with E-state index in [1.165, 1.54) is 12.8 Å². The predicted octanol–water partition coefficient (Wildman–Crippen LogP) is 8.46. The first-order chi connectivity index (χ1) is 17.1. The number of ether oxygens (including phenoxy) is 1. The summed E-state index contributed by atoms with van der Waals surface area (Å²) < 4.78 is 20.1. The molecule has 35 heavy (non-hydrogen) atoms. The third-order valence-electron chi connectivity index (χ3n) is 6.01. The smallest absolute Gasteiger partial charge is 0.159 e. The molecule has 0 aliphatic carbocycles. The Kier molecular flexibility index (Phi) is 10.8. The van der Waals surface area contributed by atoms with Crippen molar-refractivity contribution in [2.24, 2.45) is 0 Å². The Labute approximate surface area is 209 Å². The van der Waals surface area contributed by atoms with E-state index in [4.69, 9.17) is 4.74 Å². The van der Waals surface area contributed by atoms with E-state index in [-0.39, 0.29) is 5.82 Å². The van der Waals surface area contributed by atoms with Crippen molar-refractivity contribution in [3.8, 4) is 22.5 Å². The van der Waals surface area contributed by atoms with E-state index in [2.05, 4.69) is 42.5 Å². The Hall–Kier alpha value is -3.11. The van der Waals surface area contributed by atoms with Crippen LogP contribution in [0.5, 0.6) is 0 Å². The minimum atomic E-state index is -0.205. The average molecular weight is 473 g/mol. The van der Waals surface area contributed by atoms with Crippen molar-refractivity contribution in [3.05, 3.63) is 90.5 Å². The molecule has 1 atom stereocenters. The fraction of sp³-hybridized carbons (Fsp3) is 0.355. The Morgan fingerprint density at radius 2 is 1.69 bits per heavy atom. The molecular weight excluding hydrogens is 435 g/mol. The van der Waals surface area contributed by atoms with Crippen LogP contribution in [0.2, 0.25) is 0 Å². The second-order valence-electron chi connectivity index (χ2n) is 8.94. The monoisotopic (exact) mass is 472 g/mol. The van der Waals surface area contributed by atoms with Crippen LogP contribution in [0.15, 0.2) is 73.6 Å². The predicted molar refractivity (Wildman–Crippen MR) is 145 cm³/mol. The molecular formula is C31H37FN2O. The zero-order valence-corrected chi connectivity index (χ0v) is 21.1. The number of hydrogen-bond acceptors (Lipinski definition) is 3. The largest absolute Gasteiger partial charge is 0.379 e. The molecule has 0 aliphatic rings. The molecule has 184 valence electrons. The van der Waals surface area contributed by atoms with Crippen LogP contribution < -0.4 is 0 Å². The van der Waals surface area contributed by atoms with Gasteiger partial charge in [-0.3, -0.25) is 0 Å². The van der Waals surface area contributed by atoms with Gasteiger partial charge in [0.05, 0.1) is 6.10 Å². The molecule has 0 bridgehead atoms. The van der Waals surface area contributed by atoms with E-state index in [9.17, 15) is 4.39 Å². The third-order valence-corrected chi connectivity index (χ3v) is 6.01. The molecule has 1 aromatic heterocycles. The van der Waals surface area contributed by atoms with Gasteiger partial charge in [-0.1, -0.05) is 74.4 Å². The zero-order chi connectivity index (χ0) is 24.9. The third kappa shape index (κ3) is 8.56. The highest BCUT2D eigenvalue weighted by atomic mass is 19.1. The summed E-state index contributed by atoms with van der Waals surface area (Å²) in [7, 11) is 0. The Morgan fingerprint density at radius 1 is 0.971 bits per heavy atom. The molecule has 3 rings (SSSR count). The normalized spacial score (nSPS) is 12.2. The molecule has 4 heteroatoms. The molecule has 0 amide bonds. The van der Waals surface area contributed by atoms with Gasteiger partial charge in [0.25, 0.3) is 0 Å². The van der Waals surface area contributed by atoms with E-state index in [1.54, 1.807) is 12.1 Å². The molecule has 2 aromatic carbocycles. The van der Waals surface area contributed by atoms with Crippen molar-refractivity contribution < 1.29 is 9.13 Å². The number of hydrogen-bond donors (Lipinski definition) is 0. The Balaban J connectivity index is 1.49. The molecule has 0 spiro atoms. The van der Waals surface area contributed by atoms with Crippen molar-refractivity contribution in [2.45, 2.75) is 64.9 Å². The van der Waals surface area contributed by atoms with E-state index >= 15 is 0 Å². The van der Waals surface area contributed by atoms with Crippen molar-refractivity contribution in [3.63, 3.8) is 0 Å². The lowest BCUT2D eigenvalue weighted by molar-refractivity contribution is 0.0566. The Bertz CT molecular complexity index is 1070. The highest BCUT2D eigenvalue weighted by molar-refractivity contribution is 5.68. The number of nitrogens with zero attached hydrogens (tertiary/aromatic N) is 2. The molecule has 0 saturated heterocycles. The molecule has 0 N–H and O–H groups in total. The maximum absolute atomic E-state index is 14.3. The van der Waals surface area contributed by atoms with Crippen LogP contribution in [-0.4, -0.2) is 22.7 Å².